The number of nitrogens with zero attached hydrogens (tertiary/aromatic N) is 1. The van der Waals surface area contributed by atoms with E-state index in [0.29, 0.717) is 23.7 Å². The maximum atomic E-state index is 12.9. The van der Waals surface area contributed by atoms with Crippen LogP contribution >= 0.6 is 0 Å². The van der Waals surface area contributed by atoms with E-state index in [4.69, 9.17) is 9.47 Å². The maximum Gasteiger partial charge on any atom is 0.411 e. The van der Waals surface area contributed by atoms with E-state index in [2.05, 4.69) is 11.9 Å². The highest BCUT2D eigenvalue weighted by Crippen LogP contribution is 2.38. The Bertz CT molecular complexity index is 877. The van der Waals surface area contributed by atoms with Crippen molar-refractivity contribution in [2.45, 2.75) is 20.5 Å². The van der Waals surface area contributed by atoms with Gasteiger partial charge in [0.05, 0.1) is 11.1 Å². The molecule has 6 nitrogen and oxygen atoms in total. The SMILES string of the molecule is C=CCN1C(=O)C(C)(C)COc2ccc(NC(=O)OCc3ccccc3)cc21. The van der Waals surface area contributed by atoms with Crippen LogP contribution in [0.1, 0.15) is 19.4 Å². The number of benzene rings is 2. The van der Waals surface area contributed by atoms with Gasteiger partial charge in [-0.1, -0.05) is 36.4 Å². The molecule has 1 N–H and O–H groups in total. The number of nitrogens with one attached hydrogen (secondary N) is 1. The number of carbonyl (C=O) groups is 2. The first-order valence-corrected chi connectivity index (χ1v) is 9.08. The number of hydrogen-bond acceptors (Lipinski definition) is 4. The lowest BCUT2D eigenvalue weighted by Gasteiger charge is -2.27. The number of fused-ring (bicyclic) bond motifs is 1. The average Bonchev–Trinajstić information content (AvgIpc) is 2.78. The maximum absolute atomic E-state index is 12.9. The Labute approximate surface area is 164 Å². The van der Waals surface area contributed by atoms with Crippen LogP contribution in [0, 0.1) is 5.41 Å². The molecule has 0 radical (unpaired) electrons. The Hall–Kier alpha value is -3.28. The summed E-state index contributed by atoms with van der Waals surface area (Å²) in [5, 5.41) is 2.70. The van der Waals surface area contributed by atoms with Gasteiger partial charge in [0.15, 0.2) is 0 Å². The molecular formula is C22H24N2O4. The first-order valence-electron chi connectivity index (χ1n) is 9.08. The number of carbonyl (C=O) groups excluding carboxylic acids is 2. The van der Waals surface area contributed by atoms with Gasteiger partial charge in [-0.2, -0.15) is 0 Å². The topological polar surface area (TPSA) is 67.9 Å². The van der Waals surface area contributed by atoms with Crippen LogP contribution in [0.15, 0.2) is 61.2 Å². The Kier molecular flexibility index (Phi) is 5.68. The van der Waals surface area contributed by atoms with Gasteiger partial charge < -0.3 is 14.4 Å². The molecular weight excluding hydrogens is 356 g/mol. The number of rotatable bonds is 5. The fourth-order valence-electron chi connectivity index (χ4n) is 2.91. The summed E-state index contributed by atoms with van der Waals surface area (Å²) in [5.74, 6) is 0.527. The molecule has 6 heteroatoms. The van der Waals surface area contributed by atoms with E-state index >= 15 is 0 Å². The third-order valence-electron chi connectivity index (χ3n) is 4.43. The second-order valence-electron chi connectivity index (χ2n) is 7.25. The molecule has 2 amide bonds. The Balaban J connectivity index is 1.76. The van der Waals surface area contributed by atoms with Gasteiger partial charge in [-0.25, -0.2) is 4.79 Å². The summed E-state index contributed by atoms with van der Waals surface area (Å²) in [6.45, 7) is 8.23. The fraction of sp³-hybridized carbons (Fsp3) is 0.273. The lowest BCUT2D eigenvalue weighted by atomic mass is 9.93. The Morgan fingerprint density at radius 2 is 2.04 bits per heavy atom. The minimum atomic E-state index is -0.662. The summed E-state index contributed by atoms with van der Waals surface area (Å²) < 4.78 is 11.1. The molecule has 0 saturated heterocycles. The zero-order valence-electron chi connectivity index (χ0n) is 16.1. The van der Waals surface area contributed by atoms with Crippen molar-refractivity contribution < 1.29 is 19.1 Å². The predicted octanol–water partition coefficient (Wildman–Crippen LogP) is 4.37. The molecule has 146 valence electrons. The fourth-order valence-corrected chi connectivity index (χ4v) is 2.91. The van der Waals surface area contributed by atoms with Crippen LogP contribution in [-0.4, -0.2) is 25.2 Å². The predicted molar refractivity (Wildman–Crippen MR) is 109 cm³/mol. The summed E-state index contributed by atoms with van der Waals surface area (Å²) in [6.07, 6.45) is 1.09. The van der Waals surface area contributed by atoms with E-state index in [-0.39, 0.29) is 19.1 Å². The van der Waals surface area contributed by atoms with Gasteiger partial charge in [0.25, 0.3) is 0 Å². The lowest BCUT2D eigenvalue weighted by Crippen LogP contribution is -2.42. The van der Waals surface area contributed by atoms with E-state index < -0.39 is 11.5 Å². The molecule has 0 saturated carbocycles. The zero-order chi connectivity index (χ0) is 20.1. The number of anilines is 2. The number of amides is 2. The molecule has 28 heavy (non-hydrogen) atoms. The van der Waals surface area contributed by atoms with Gasteiger partial charge in [0.2, 0.25) is 5.91 Å². The third kappa shape index (κ3) is 4.34. The van der Waals surface area contributed by atoms with Crippen LogP contribution in [0.5, 0.6) is 5.75 Å². The van der Waals surface area contributed by atoms with Crippen LogP contribution in [0.4, 0.5) is 16.2 Å². The molecule has 2 aromatic rings. The van der Waals surface area contributed by atoms with E-state index in [1.165, 1.54) is 0 Å². The van der Waals surface area contributed by atoms with Crippen LogP contribution in [0.2, 0.25) is 0 Å². The van der Waals surface area contributed by atoms with Gasteiger partial charge in [-0.15, -0.1) is 6.58 Å². The molecule has 0 aromatic heterocycles. The number of ether oxygens (including phenoxy) is 2. The van der Waals surface area contributed by atoms with Crippen molar-refractivity contribution in [2.75, 3.05) is 23.4 Å². The van der Waals surface area contributed by atoms with Gasteiger partial charge >= 0.3 is 6.09 Å². The van der Waals surface area contributed by atoms with Crippen molar-refractivity contribution in [1.82, 2.24) is 0 Å². The van der Waals surface area contributed by atoms with Crippen molar-refractivity contribution in [1.29, 1.82) is 0 Å². The highest BCUT2D eigenvalue weighted by molar-refractivity contribution is 6.00. The lowest BCUT2D eigenvalue weighted by molar-refractivity contribution is -0.127. The van der Waals surface area contributed by atoms with Gasteiger partial charge in [0.1, 0.15) is 19.0 Å². The molecule has 0 unspecified atom stereocenters. The summed E-state index contributed by atoms with van der Waals surface area (Å²) in [5.41, 5.74) is 1.35. The molecule has 0 spiro atoms. The minimum Gasteiger partial charge on any atom is -0.490 e. The van der Waals surface area contributed by atoms with Crippen LogP contribution in [-0.2, 0) is 16.1 Å². The summed E-state index contributed by atoms with van der Waals surface area (Å²) in [7, 11) is 0. The van der Waals surface area contributed by atoms with E-state index in [1.54, 1.807) is 29.2 Å². The first-order chi connectivity index (χ1) is 13.4. The van der Waals surface area contributed by atoms with Crippen molar-refractivity contribution in [3.05, 3.63) is 66.7 Å². The van der Waals surface area contributed by atoms with Gasteiger partial charge in [-0.3, -0.25) is 10.1 Å². The number of hydrogen-bond donors (Lipinski definition) is 1. The monoisotopic (exact) mass is 380 g/mol. The van der Waals surface area contributed by atoms with Crippen LogP contribution in [0.25, 0.3) is 0 Å². The first kappa shape index (κ1) is 19.5. The molecule has 1 aliphatic rings. The highest BCUT2D eigenvalue weighted by atomic mass is 16.5. The van der Waals surface area contributed by atoms with Crippen molar-refractivity contribution in [3.63, 3.8) is 0 Å². The van der Waals surface area contributed by atoms with Crippen molar-refractivity contribution >= 4 is 23.4 Å². The smallest absolute Gasteiger partial charge is 0.411 e. The standard InChI is InChI=1S/C22H24N2O4/c1-4-12-24-18-13-17(10-11-19(18)28-15-22(2,3)20(24)25)23-21(26)27-14-16-8-6-5-7-9-16/h4-11,13H,1,12,14-15H2,2-3H3,(H,23,26). The molecule has 0 bridgehead atoms. The molecule has 2 aromatic carbocycles. The summed E-state index contributed by atoms with van der Waals surface area (Å²) in [4.78, 5) is 26.7. The minimum absolute atomic E-state index is 0.0602. The third-order valence-corrected chi connectivity index (χ3v) is 4.43. The van der Waals surface area contributed by atoms with E-state index in [0.717, 1.165) is 5.56 Å². The zero-order valence-corrected chi connectivity index (χ0v) is 16.1. The Morgan fingerprint density at radius 3 is 2.75 bits per heavy atom. The molecule has 0 atom stereocenters. The van der Waals surface area contributed by atoms with Gasteiger partial charge in [-0.05, 0) is 37.6 Å². The van der Waals surface area contributed by atoms with Crippen molar-refractivity contribution in [3.8, 4) is 5.75 Å². The van der Waals surface area contributed by atoms with E-state index in [9.17, 15) is 9.59 Å². The Morgan fingerprint density at radius 1 is 1.29 bits per heavy atom. The average molecular weight is 380 g/mol. The quantitative estimate of drug-likeness (QED) is 0.782. The van der Waals surface area contributed by atoms with Crippen molar-refractivity contribution in [2.24, 2.45) is 5.41 Å². The summed E-state index contributed by atoms with van der Waals surface area (Å²) >= 11 is 0. The molecule has 1 heterocycles. The molecule has 0 fully saturated rings. The molecule has 0 aliphatic carbocycles. The second-order valence-corrected chi connectivity index (χ2v) is 7.25. The second kappa shape index (κ2) is 8.17. The largest absolute Gasteiger partial charge is 0.490 e. The molecule has 3 rings (SSSR count). The summed E-state index contributed by atoms with van der Waals surface area (Å²) in [6, 6.07) is 14.6. The normalized spacial score (nSPS) is 15.1. The van der Waals surface area contributed by atoms with E-state index in [1.807, 2.05) is 44.2 Å². The van der Waals surface area contributed by atoms with Gasteiger partial charge in [0, 0.05) is 12.2 Å². The highest BCUT2D eigenvalue weighted by Gasteiger charge is 2.37. The van der Waals surface area contributed by atoms with Crippen LogP contribution in [0.3, 0.4) is 0 Å². The molecule has 1 aliphatic heterocycles. The van der Waals surface area contributed by atoms with Crippen LogP contribution < -0.4 is 15.0 Å².